The van der Waals surface area contributed by atoms with E-state index < -0.39 is 0 Å². The first kappa shape index (κ1) is 17.2. The fourth-order valence-corrected chi connectivity index (χ4v) is 2.92. The molecule has 1 aromatic carbocycles. The quantitative estimate of drug-likeness (QED) is 0.661. The van der Waals surface area contributed by atoms with Crippen LogP contribution in [0.3, 0.4) is 0 Å². The number of nitrogens with one attached hydrogen (secondary N) is 3. The highest BCUT2D eigenvalue weighted by atomic mass is 32.1. The van der Waals surface area contributed by atoms with Crippen LogP contribution in [0, 0.1) is 0 Å². The average molecular weight is 357 g/mol. The minimum absolute atomic E-state index is 0.0219. The second-order valence-corrected chi connectivity index (χ2v) is 6.85. The number of thiophene rings is 1. The molecular weight excluding hydrogens is 338 g/mol. The number of hydrogen-bond donors (Lipinski definition) is 3. The van der Waals surface area contributed by atoms with Crippen LogP contribution >= 0.6 is 11.3 Å². The molecule has 3 amide bonds. The third-order valence-corrected chi connectivity index (χ3v) is 4.63. The summed E-state index contributed by atoms with van der Waals surface area (Å²) in [6.07, 6.45) is 2.40. The summed E-state index contributed by atoms with van der Waals surface area (Å²) in [4.78, 5) is 36.1. The highest BCUT2D eigenvalue weighted by Gasteiger charge is 2.23. The van der Waals surface area contributed by atoms with Crippen LogP contribution in [0.25, 0.3) is 0 Å². The van der Waals surface area contributed by atoms with Crippen molar-refractivity contribution in [1.82, 2.24) is 5.32 Å². The Hall–Kier alpha value is -2.67. The molecule has 0 radical (unpaired) electrons. The van der Waals surface area contributed by atoms with Gasteiger partial charge in [-0.1, -0.05) is 6.07 Å². The lowest BCUT2D eigenvalue weighted by Crippen LogP contribution is -2.30. The van der Waals surface area contributed by atoms with Crippen molar-refractivity contribution in [2.75, 3.05) is 10.6 Å². The molecular formula is C18H19N3O3S. The molecule has 1 fully saturated rings. The fourth-order valence-electron chi connectivity index (χ4n) is 2.23. The zero-order valence-corrected chi connectivity index (χ0v) is 14.4. The van der Waals surface area contributed by atoms with Crippen molar-refractivity contribution < 1.29 is 14.4 Å². The van der Waals surface area contributed by atoms with Gasteiger partial charge in [0.2, 0.25) is 5.91 Å². The summed E-state index contributed by atoms with van der Waals surface area (Å²) in [6, 6.07) is 10.5. The van der Waals surface area contributed by atoms with Crippen LogP contribution in [0.1, 0.15) is 35.4 Å². The normalized spacial score (nSPS) is 13.1. The van der Waals surface area contributed by atoms with E-state index in [1.807, 2.05) is 11.4 Å². The predicted octanol–water partition coefficient (Wildman–Crippen LogP) is 3.63. The van der Waals surface area contributed by atoms with E-state index in [4.69, 9.17) is 0 Å². The third-order valence-electron chi connectivity index (χ3n) is 3.71. The lowest BCUT2D eigenvalue weighted by atomic mass is 10.2. The van der Waals surface area contributed by atoms with Crippen LogP contribution in [0.2, 0.25) is 0 Å². The molecule has 6 nitrogen and oxygen atoms in total. The molecule has 25 heavy (non-hydrogen) atoms. The molecule has 130 valence electrons. The fraction of sp³-hybridized carbons (Fsp3) is 0.278. The number of anilines is 2. The molecule has 0 atom stereocenters. The van der Waals surface area contributed by atoms with E-state index in [9.17, 15) is 14.4 Å². The van der Waals surface area contributed by atoms with Gasteiger partial charge in [-0.05, 0) is 48.6 Å². The Labute approximate surface area is 149 Å². The average Bonchev–Trinajstić information content (AvgIpc) is 3.23. The van der Waals surface area contributed by atoms with E-state index in [2.05, 4.69) is 16.0 Å². The van der Waals surface area contributed by atoms with E-state index in [1.54, 1.807) is 30.3 Å². The van der Waals surface area contributed by atoms with E-state index in [-0.39, 0.29) is 30.6 Å². The molecule has 0 spiro atoms. The molecule has 0 unspecified atom stereocenters. The van der Waals surface area contributed by atoms with E-state index in [1.165, 1.54) is 11.3 Å². The third kappa shape index (κ3) is 5.42. The van der Waals surface area contributed by atoms with Gasteiger partial charge in [0.25, 0.3) is 0 Å². The van der Waals surface area contributed by atoms with E-state index >= 15 is 0 Å². The lowest BCUT2D eigenvalue weighted by Gasteiger charge is -2.08. The van der Waals surface area contributed by atoms with Crippen molar-refractivity contribution in [3.63, 3.8) is 0 Å². The minimum atomic E-state index is -0.216. The Kier molecular flexibility index (Phi) is 5.45. The number of carbonyl (C=O) groups is 3. The molecule has 2 aromatic rings. The van der Waals surface area contributed by atoms with Gasteiger partial charge in [0, 0.05) is 30.3 Å². The topological polar surface area (TPSA) is 87.3 Å². The smallest absolute Gasteiger partial charge is 0.319 e. The molecule has 1 aromatic heterocycles. The minimum Gasteiger partial charge on any atom is -0.335 e. The number of hydrogen-bond acceptors (Lipinski definition) is 4. The van der Waals surface area contributed by atoms with Crippen molar-refractivity contribution in [2.24, 2.45) is 0 Å². The maximum absolute atomic E-state index is 11.9. The molecule has 1 aliphatic carbocycles. The molecule has 1 aliphatic rings. The van der Waals surface area contributed by atoms with Crippen LogP contribution in [0.5, 0.6) is 0 Å². The Bertz CT molecular complexity index is 752. The standard InChI is InChI=1S/C18H19N3O3S/c22-15(16-2-1-11-25-16)9-10-17(23)19-12-3-5-13(6-4-12)20-18(24)21-14-7-8-14/h1-6,11,14H,7-10H2,(H,19,23)(H2,20,21,24). The highest BCUT2D eigenvalue weighted by Crippen LogP contribution is 2.19. The summed E-state index contributed by atoms with van der Waals surface area (Å²) >= 11 is 1.38. The number of carbonyl (C=O) groups excluding carboxylic acids is 3. The van der Waals surface area contributed by atoms with Gasteiger partial charge in [0.05, 0.1) is 4.88 Å². The number of amides is 3. The number of Topliss-reactive ketones (excluding diaryl/α,β-unsaturated/α-hetero) is 1. The molecule has 0 bridgehead atoms. The first-order valence-corrected chi connectivity index (χ1v) is 9.02. The number of benzene rings is 1. The van der Waals surface area contributed by atoms with Crippen molar-refractivity contribution >= 4 is 40.4 Å². The SMILES string of the molecule is O=C(CCC(=O)c1cccs1)Nc1ccc(NC(=O)NC2CC2)cc1. The Morgan fingerprint density at radius 1 is 0.960 bits per heavy atom. The van der Waals surface area contributed by atoms with Gasteiger partial charge in [0.1, 0.15) is 0 Å². The monoisotopic (exact) mass is 357 g/mol. The lowest BCUT2D eigenvalue weighted by molar-refractivity contribution is -0.116. The molecule has 3 N–H and O–H groups in total. The summed E-state index contributed by atoms with van der Waals surface area (Å²) in [5, 5.41) is 10.2. The number of ketones is 1. The summed E-state index contributed by atoms with van der Waals surface area (Å²) < 4.78 is 0. The van der Waals surface area contributed by atoms with Crippen molar-refractivity contribution in [1.29, 1.82) is 0 Å². The Morgan fingerprint density at radius 2 is 1.64 bits per heavy atom. The maximum atomic E-state index is 11.9. The highest BCUT2D eigenvalue weighted by molar-refractivity contribution is 7.12. The molecule has 3 rings (SSSR count). The van der Waals surface area contributed by atoms with Crippen molar-refractivity contribution in [3.05, 3.63) is 46.7 Å². The van der Waals surface area contributed by atoms with Crippen LogP contribution in [-0.2, 0) is 4.79 Å². The van der Waals surface area contributed by atoms with Crippen molar-refractivity contribution in [2.45, 2.75) is 31.7 Å². The predicted molar refractivity (Wildman–Crippen MR) is 98.1 cm³/mol. The Morgan fingerprint density at radius 3 is 2.24 bits per heavy atom. The van der Waals surface area contributed by atoms with Gasteiger partial charge < -0.3 is 16.0 Å². The molecule has 0 saturated heterocycles. The van der Waals surface area contributed by atoms with Crippen LogP contribution < -0.4 is 16.0 Å². The number of rotatable bonds is 7. The largest absolute Gasteiger partial charge is 0.335 e. The van der Waals surface area contributed by atoms with Gasteiger partial charge in [-0.2, -0.15) is 0 Å². The molecule has 7 heteroatoms. The van der Waals surface area contributed by atoms with Crippen LogP contribution in [-0.4, -0.2) is 23.8 Å². The van der Waals surface area contributed by atoms with Gasteiger partial charge in [0.15, 0.2) is 5.78 Å². The van der Waals surface area contributed by atoms with E-state index in [0.29, 0.717) is 22.3 Å². The molecule has 1 saturated carbocycles. The molecule has 0 aliphatic heterocycles. The summed E-state index contributed by atoms with van der Waals surface area (Å²) in [5.74, 6) is -0.233. The van der Waals surface area contributed by atoms with Gasteiger partial charge in [-0.15, -0.1) is 11.3 Å². The first-order chi connectivity index (χ1) is 12.1. The van der Waals surface area contributed by atoms with Crippen molar-refractivity contribution in [3.8, 4) is 0 Å². The second-order valence-electron chi connectivity index (χ2n) is 5.90. The zero-order chi connectivity index (χ0) is 17.6. The van der Waals surface area contributed by atoms with Crippen LogP contribution in [0.15, 0.2) is 41.8 Å². The summed E-state index contributed by atoms with van der Waals surface area (Å²) in [6.45, 7) is 0. The summed E-state index contributed by atoms with van der Waals surface area (Å²) in [5.41, 5.74) is 1.28. The van der Waals surface area contributed by atoms with Crippen LogP contribution in [0.4, 0.5) is 16.2 Å². The van der Waals surface area contributed by atoms with Gasteiger partial charge in [-0.25, -0.2) is 4.79 Å². The summed E-state index contributed by atoms with van der Waals surface area (Å²) in [7, 11) is 0. The maximum Gasteiger partial charge on any atom is 0.319 e. The zero-order valence-electron chi connectivity index (χ0n) is 13.6. The molecule has 1 heterocycles. The van der Waals surface area contributed by atoms with E-state index in [0.717, 1.165) is 12.8 Å². The Balaban J connectivity index is 1.43. The second kappa shape index (κ2) is 7.94. The first-order valence-electron chi connectivity index (χ1n) is 8.14. The van der Waals surface area contributed by atoms with Gasteiger partial charge in [-0.3, -0.25) is 9.59 Å². The number of urea groups is 1. The van der Waals surface area contributed by atoms with Gasteiger partial charge >= 0.3 is 6.03 Å².